The molecule has 0 aliphatic heterocycles. The highest BCUT2D eigenvalue weighted by atomic mass is 32.2. The number of thiophene rings is 1. The minimum absolute atomic E-state index is 0.408. The van der Waals surface area contributed by atoms with E-state index in [1.54, 1.807) is 28.9 Å². The van der Waals surface area contributed by atoms with Gasteiger partial charge in [-0.15, -0.1) is 22.7 Å². The molecule has 0 saturated carbocycles. The second kappa shape index (κ2) is 8.26. The second-order valence-electron chi connectivity index (χ2n) is 5.68. The highest BCUT2D eigenvalue weighted by Crippen LogP contribution is 2.33. The van der Waals surface area contributed by atoms with Gasteiger partial charge in [-0.3, -0.25) is 0 Å². The molecule has 9 heteroatoms. The van der Waals surface area contributed by atoms with E-state index in [9.17, 15) is 8.42 Å². The predicted octanol–water partition coefficient (Wildman–Crippen LogP) is 3.46. The van der Waals surface area contributed by atoms with Crippen molar-refractivity contribution in [2.75, 3.05) is 24.7 Å². The summed E-state index contributed by atoms with van der Waals surface area (Å²) in [6.45, 7) is 3.27. The fourth-order valence-electron chi connectivity index (χ4n) is 2.37. The molecular weight excluding hydrogens is 388 g/mol. The van der Waals surface area contributed by atoms with Crippen molar-refractivity contribution in [3.05, 3.63) is 40.7 Å². The van der Waals surface area contributed by atoms with E-state index in [0.29, 0.717) is 13.0 Å². The zero-order valence-corrected chi connectivity index (χ0v) is 17.0. The molecule has 0 atom stereocenters. The third-order valence-electron chi connectivity index (χ3n) is 3.52. The first-order valence-electron chi connectivity index (χ1n) is 8.14. The van der Waals surface area contributed by atoms with Crippen LogP contribution >= 0.6 is 22.7 Å². The maximum Gasteiger partial charge on any atom is 0.208 e. The van der Waals surface area contributed by atoms with Gasteiger partial charge in [0.1, 0.15) is 10.8 Å². The summed E-state index contributed by atoms with van der Waals surface area (Å²) in [5.41, 5.74) is 1.99. The molecule has 0 saturated heterocycles. The van der Waals surface area contributed by atoms with Gasteiger partial charge in [0.25, 0.3) is 0 Å². The minimum Gasteiger partial charge on any atom is -0.370 e. The third kappa shape index (κ3) is 5.10. The number of nitrogens with one attached hydrogen (secondary N) is 2. The van der Waals surface area contributed by atoms with E-state index in [1.165, 1.54) is 6.26 Å². The zero-order valence-electron chi connectivity index (χ0n) is 14.5. The number of sulfonamides is 1. The van der Waals surface area contributed by atoms with E-state index in [1.807, 2.05) is 36.6 Å². The van der Waals surface area contributed by atoms with Crippen molar-refractivity contribution < 1.29 is 8.42 Å². The first-order valence-corrected chi connectivity index (χ1v) is 11.7. The quantitative estimate of drug-likeness (QED) is 0.596. The van der Waals surface area contributed by atoms with Gasteiger partial charge in [-0.2, -0.15) is 0 Å². The van der Waals surface area contributed by atoms with Gasteiger partial charge in [-0.05, 0) is 37.6 Å². The lowest BCUT2D eigenvalue weighted by Gasteiger charge is -2.03. The molecule has 3 heterocycles. The Balaban J connectivity index is 1.71. The van der Waals surface area contributed by atoms with E-state index >= 15 is 0 Å². The fourth-order valence-corrected chi connectivity index (χ4v) is 4.70. The summed E-state index contributed by atoms with van der Waals surface area (Å²) in [5.74, 6) is 0.846. The van der Waals surface area contributed by atoms with Crippen LogP contribution in [0.5, 0.6) is 0 Å². The molecule has 0 spiro atoms. The van der Waals surface area contributed by atoms with Crippen molar-refractivity contribution in [3.8, 4) is 21.1 Å². The summed E-state index contributed by atoms with van der Waals surface area (Å²) in [7, 11) is -3.14. The minimum atomic E-state index is -3.14. The Morgan fingerprint density at radius 3 is 2.85 bits per heavy atom. The van der Waals surface area contributed by atoms with Crippen LogP contribution in [0.4, 0.5) is 5.82 Å². The summed E-state index contributed by atoms with van der Waals surface area (Å²) >= 11 is 3.24. The average Bonchev–Trinajstić information content (AvgIpc) is 3.23. The number of hydrogen-bond acceptors (Lipinski definition) is 7. The number of nitrogens with zero attached hydrogens (tertiary/aromatic N) is 2. The Morgan fingerprint density at radius 1 is 1.23 bits per heavy atom. The van der Waals surface area contributed by atoms with Crippen LogP contribution < -0.4 is 10.0 Å². The number of thiazole rings is 1. The molecule has 26 heavy (non-hydrogen) atoms. The Kier molecular flexibility index (Phi) is 6.02. The van der Waals surface area contributed by atoms with Crippen molar-refractivity contribution >= 4 is 38.5 Å². The third-order valence-corrected chi connectivity index (χ3v) is 6.31. The van der Waals surface area contributed by atoms with E-state index in [-0.39, 0.29) is 0 Å². The fraction of sp³-hybridized carbons (Fsp3) is 0.294. The van der Waals surface area contributed by atoms with Gasteiger partial charge in [0.05, 0.1) is 16.8 Å². The summed E-state index contributed by atoms with van der Waals surface area (Å²) in [4.78, 5) is 11.2. The van der Waals surface area contributed by atoms with Crippen LogP contribution in [-0.2, 0) is 16.4 Å². The molecule has 3 rings (SSSR count). The molecule has 6 nitrogen and oxygen atoms in total. The number of anilines is 1. The van der Waals surface area contributed by atoms with Crippen LogP contribution in [0.15, 0.2) is 35.8 Å². The Bertz CT molecular complexity index is 979. The second-order valence-corrected chi connectivity index (χ2v) is 9.54. The number of pyridine rings is 1. The van der Waals surface area contributed by atoms with Crippen LogP contribution in [0.2, 0.25) is 0 Å². The van der Waals surface area contributed by atoms with Gasteiger partial charge in [0.2, 0.25) is 10.0 Å². The molecule has 0 unspecified atom stereocenters. The number of aromatic nitrogens is 2. The van der Waals surface area contributed by atoms with Crippen molar-refractivity contribution in [1.82, 2.24) is 14.7 Å². The van der Waals surface area contributed by atoms with Crippen molar-refractivity contribution in [2.45, 2.75) is 13.3 Å². The highest BCUT2D eigenvalue weighted by molar-refractivity contribution is 7.88. The van der Waals surface area contributed by atoms with Crippen LogP contribution in [0.1, 0.15) is 11.8 Å². The first-order chi connectivity index (χ1) is 12.4. The Morgan fingerprint density at radius 2 is 2.08 bits per heavy atom. The van der Waals surface area contributed by atoms with Gasteiger partial charge in [-0.1, -0.05) is 0 Å². The first kappa shape index (κ1) is 19.0. The number of rotatable bonds is 8. The molecular formula is C17H20N4O2S3. The molecule has 0 fully saturated rings. The summed E-state index contributed by atoms with van der Waals surface area (Å²) < 4.78 is 24.8. The van der Waals surface area contributed by atoms with Gasteiger partial charge < -0.3 is 5.32 Å². The lowest BCUT2D eigenvalue weighted by molar-refractivity contribution is 0.588. The number of hydrogen-bond donors (Lipinski definition) is 2. The molecule has 0 aliphatic rings. The topological polar surface area (TPSA) is 84.0 Å². The summed E-state index contributed by atoms with van der Waals surface area (Å²) in [6, 6.07) is 8.03. The highest BCUT2D eigenvalue weighted by Gasteiger charge is 2.10. The maximum atomic E-state index is 11.1. The van der Waals surface area contributed by atoms with Gasteiger partial charge in [0.15, 0.2) is 0 Å². The smallest absolute Gasteiger partial charge is 0.208 e. The van der Waals surface area contributed by atoms with Crippen LogP contribution in [-0.4, -0.2) is 37.7 Å². The van der Waals surface area contributed by atoms with E-state index in [4.69, 9.17) is 4.98 Å². The molecule has 2 N–H and O–H groups in total. The van der Waals surface area contributed by atoms with E-state index in [2.05, 4.69) is 15.0 Å². The molecule has 138 valence electrons. The predicted molar refractivity (Wildman–Crippen MR) is 109 cm³/mol. The van der Waals surface area contributed by atoms with Crippen LogP contribution in [0.3, 0.4) is 0 Å². The maximum absolute atomic E-state index is 11.1. The zero-order chi connectivity index (χ0) is 18.6. The molecule has 0 amide bonds. The SMILES string of the molecule is CCNc1cc(-c2nc(-c3ccc(CCNS(C)(=O)=O)s3)cs2)ccn1. The molecule has 0 aliphatic carbocycles. The average molecular weight is 409 g/mol. The Labute approximate surface area is 161 Å². The monoisotopic (exact) mass is 408 g/mol. The molecule has 0 radical (unpaired) electrons. The Hall–Kier alpha value is -1.81. The standard InChI is InChI=1S/C17H20N4O2S3/c1-3-18-16-10-12(6-8-19-16)17-21-14(11-24-17)15-5-4-13(25-15)7-9-20-26(2,22)23/h4-6,8,10-11,20H,3,7,9H2,1-2H3,(H,18,19). The normalized spacial score (nSPS) is 11.6. The summed E-state index contributed by atoms with van der Waals surface area (Å²) in [5, 5.41) is 6.21. The molecule has 3 aromatic heterocycles. The molecule has 3 aromatic rings. The van der Waals surface area contributed by atoms with Gasteiger partial charge in [0, 0.05) is 35.1 Å². The lowest BCUT2D eigenvalue weighted by Crippen LogP contribution is -2.23. The van der Waals surface area contributed by atoms with Gasteiger partial charge >= 0.3 is 0 Å². The van der Waals surface area contributed by atoms with Crippen LogP contribution in [0, 0.1) is 0 Å². The summed E-state index contributed by atoms with van der Waals surface area (Å²) in [6.07, 6.45) is 3.63. The van der Waals surface area contributed by atoms with Crippen molar-refractivity contribution in [2.24, 2.45) is 0 Å². The van der Waals surface area contributed by atoms with Crippen molar-refractivity contribution in [1.29, 1.82) is 0 Å². The van der Waals surface area contributed by atoms with E-state index in [0.717, 1.165) is 38.4 Å². The van der Waals surface area contributed by atoms with Crippen molar-refractivity contribution in [3.63, 3.8) is 0 Å². The van der Waals surface area contributed by atoms with Crippen LogP contribution in [0.25, 0.3) is 21.1 Å². The van der Waals surface area contributed by atoms with Gasteiger partial charge in [-0.25, -0.2) is 23.1 Å². The van der Waals surface area contributed by atoms with E-state index < -0.39 is 10.0 Å². The lowest BCUT2D eigenvalue weighted by atomic mass is 10.2. The largest absolute Gasteiger partial charge is 0.370 e. The molecule has 0 bridgehead atoms. The molecule has 0 aromatic carbocycles.